The SMILES string of the molecule is CC[C@@H](C)c1ccccc1NC(=O)C[NH+]1CC[NH+](Cc2ccc3c(c2)CCO3)CC1. The van der Waals surface area contributed by atoms with Crippen LogP contribution >= 0.6 is 0 Å². The van der Waals surface area contributed by atoms with Crippen LogP contribution < -0.4 is 19.9 Å². The van der Waals surface area contributed by atoms with E-state index in [9.17, 15) is 4.79 Å². The van der Waals surface area contributed by atoms with Crippen LogP contribution in [0, 0.1) is 0 Å². The van der Waals surface area contributed by atoms with E-state index in [0.29, 0.717) is 12.5 Å². The number of piperazine rings is 1. The van der Waals surface area contributed by atoms with Crippen molar-refractivity contribution in [3.05, 3.63) is 59.2 Å². The molecule has 2 aromatic carbocycles. The molecule has 0 radical (unpaired) electrons. The highest BCUT2D eigenvalue weighted by atomic mass is 16.5. The summed E-state index contributed by atoms with van der Waals surface area (Å²) in [5.74, 6) is 1.64. The van der Waals surface area contributed by atoms with E-state index in [1.807, 2.05) is 12.1 Å². The van der Waals surface area contributed by atoms with Crippen molar-refractivity contribution in [3.63, 3.8) is 0 Å². The first-order valence-corrected chi connectivity index (χ1v) is 11.4. The highest BCUT2D eigenvalue weighted by molar-refractivity contribution is 5.92. The summed E-state index contributed by atoms with van der Waals surface area (Å²) < 4.78 is 5.62. The van der Waals surface area contributed by atoms with E-state index in [0.717, 1.165) is 63.6 Å². The van der Waals surface area contributed by atoms with Crippen molar-refractivity contribution in [2.75, 3.05) is 44.6 Å². The fourth-order valence-corrected chi connectivity index (χ4v) is 4.63. The molecule has 2 aliphatic rings. The number of benzene rings is 2. The van der Waals surface area contributed by atoms with Gasteiger partial charge in [-0.15, -0.1) is 0 Å². The molecular weight excluding hydrogens is 374 g/mol. The lowest BCUT2D eigenvalue weighted by atomic mass is 9.97. The number of anilines is 1. The van der Waals surface area contributed by atoms with Gasteiger partial charge in [-0.1, -0.05) is 32.0 Å². The minimum absolute atomic E-state index is 0.128. The van der Waals surface area contributed by atoms with Gasteiger partial charge in [0.25, 0.3) is 5.91 Å². The monoisotopic (exact) mass is 409 g/mol. The van der Waals surface area contributed by atoms with Crippen molar-refractivity contribution in [3.8, 4) is 5.75 Å². The Kier molecular flexibility index (Phi) is 6.70. The van der Waals surface area contributed by atoms with Crippen LogP contribution in [0.5, 0.6) is 5.75 Å². The zero-order chi connectivity index (χ0) is 20.9. The van der Waals surface area contributed by atoms with Gasteiger partial charge in [0.1, 0.15) is 38.5 Å². The lowest BCUT2D eigenvalue weighted by Gasteiger charge is -2.29. The van der Waals surface area contributed by atoms with Crippen LogP contribution in [-0.4, -0.2) is 45.2 Å². The van der Waals surface area contributed by atoms with Gasteiger partial charge in [0, 0.05) is 17.7 Å². The van der Waals surface area contributed by atoms with Crippen molar-refractivity contribution in [1.82, 2.24) is 0 Å². The smallest absolute Gasteiger partial charge is 0.279 e. The van der Waals surface area contributed by atoms with Gasteiger partial charge in [-0.2, -0.15) is 0 Å². The first-order valence-electron chi connectivity index (χ1n) is 11.4. The number of rotatable bonds is 7. The predicted molar refractivity (Wildman–Crippen MR) is 119 cm³/mol. The number of hydrogen-bond acceptors (Lipinski definition) is 2. The summed E-state index contributed by atoms with van der Waals surface area (Å²) in [4.78, 5) is 15.7. The molecule has 2 heterocycles. The van der Waals surface area contributed by atoms with Crippen LogP contribution in [0.15, 0.2) is 42.5 Å². The Bertz CT molecular complexity index is 874. The zero-order valence-electron chi connectivity index (χ0n) is 18.3. The number of carbonyl (C=O) groups is 1. The first kappa shape index (κ1) is 20.9. The number of hydrogen-bond donors (Lipinski definition) is 3. The van der Waals surface area contributed by atoms with Gasteiger partial charge in [-0.3, -0.25) is 4.79 Å². The van der Waals surface area contributed by atoms with Gasteiger partial charge in [-0.05, 0) is 47.7 Å². The topological polar surface area (TPSA) is 47.2 Å². The van der Waals surface area contributed by atoms with Crippen LogP contribution in [-0.2, 0) is 17.8 Å². The third-order valence-corrected chi connectivity index (χ3v) is 6.66. The molecule has 0 aliphatic carbocycles. The summed E-state index contributed by atoms with van der Waals surface area (Å²) in [5, 5.41) is 3.17. The average molecular weight is 410 g/mol. The third-order valence-electron chi connectivity index (χ3n) is 6.66. The summed E-state index contributed by atoms with van der Waals surface area (Å²) in [5.41, 5.74) is 4.96. The predicted octanol–water partition coefficient (Wildman–Crippen LogP) is 1.06. The van der Waals surface area contributed by atoms with Crippen LogP contribution in [0.2, 0.25) is 0 Å². The molecule has 0 bridgehead atoms. The van der Waals surface area contributed by atoms with E-state index in [4.69, 9.17) is 4.74 Å². The molecule has 1 saturated heterocycles. The maximum atomic E-state index is 12.7. The molecule has 0 aromatic heterocycles. The number of carbonyl (C=O) groups excluding carboxylic acids is 1. The summed E-state index contributed by atoms with van der Waals surface area (Å²) in [6.07, 6.45) is 2.10. The molecule has 1 atom stereocenters. The maximum absolute atomic E-state index is 12.7. The maximum Gasteiger partial charge on any atom is 0.279 e. The normalized spacial score (nSPS) is 21.5. The molecule has 30 heavy (non-hydrogen) atoms. The second-order valence-electron chi connectivity index (χ2n) is 8.84. The van der Waals surface area contributed by atoms with Crippen molar-refractivity contribution in [2.45, 2.75) is 39.2 Å². The summed E-state index contributed by atoms with van der Waals surface area (Å²) in [6, 6.07) is 14.9. The Hall–Kier alpha value is -2.37. The van der Waals surface area contributed by atoms with Crippen LogP contribution in [0.3, 0.4) is 0 Å². The Labute approximate surface area is 180 Å². The highest BCUT2D eigenvalue weighted by Gasteiger charge is 2.25. The Morgan fingerprint density at radius 3 is 2.67 bits per heavy atom. The molecule has 2 aliphatic heterocycles. The molecule has 5 nitrogen and oxygen atoms in total. The lowest BCUT2D eigenvalue weighted by Crippen LogP contribution is -3.28. The minimum atomic E-state index is 0.128. The minimum Gasteiger partial charge on any atom is -0.493 e. The number of fused-ring (bicyclic) bond motifs is 1. The molecule has 160 valence electrons. The van der Waals surface area contributed by atoms with E-state index in [-0.39, 0.29) is 5.91 Å². The van der Waals surface area contributed by atoms with Crippen molar-refractivity contribution in [1.29, 1.82) is 0 Å². The van der Waals surface area contributed by atoms with Gasteiger partial charge in [0.05, 0.1) is 6.61 Å². The molecule has 3 N–H and O–H groups in total. The largest absolute Gasteiger partial charge is 0.493 e. The summed E-state index contributed by atoms with van der Waals surface area (Å²) in [7, 11) is 0. The Balaban J connectivity index is 1.25. The van der Waals surface area contributed by atoms with E-state index >= 15 is 0 Å². The number of nitrogens with one attached hydrogen (secondary N) is 3. The van der Waals surface area contributed by atoms with Crippen LogP contribution in [0.4, 0.5) is 5.69 Å². The second kappa shape index (κ2) is 9.63. The fourth-order valence-electron chi connectivity index (χ4n) is 4.63. The van der Waals surface area contributed by atoms with Gasteiger partial charge in [-0.25, -0.2) is 0 Å². The number of quaternary nitrogens is 2. The third kappa shape index (κ3) is 5.02. The van der Waals surface area contributed by atoms with E-state index in [1.54, 1.807) is 4.90 Å². The van der Waals surface area contributed by atoms with Gasteiger partial charge >= 0.3 is 0 Å². The van der Waals surface area contributed by atoms with Crippen molar-refractivity contribution < 1.29 is 19.3 Å². The van der Waals surface area contributed by atoms with Crippen molar-refractivity contribution >= 4 is 11.6 Å². The van der Waals surface area contributed by atoms with E-state index in [1.165, 1.54) is 21.6 Å². The second-order valence-corrected chi connectivity index (χ2v) is 8.84. The molecule has 0 unspecified atom stereocenters. The quantitative estimate of drug-likeness (QED) is 0.640. The van der Waals surface area contributed by atoms with Crippen LogP contribution in [0.1, 0.15) is 42.9 Å². The summed E-state index contributed by atoms with van der Waals surface area (Å²) in [6.45, 7) is 11.1. The molecule has 5 heteroatoms. The van der Waals surface area contributed by atoms with Gasteiger partial charge in [0.15, 0.2) is 6.54 Å². The number of amides is 1. The molecule has 4 rings (SSSR count). The van der Waals surface area contributed by atoms with Crippen LogP contribution in [0.25, 0.3) is 0 Å². The van der Waals surface area contributed by atoms with E-state index < -0.39 is 0 Å². The number of para-hydroxylation sites is 1. The molecule has 1 amide bonds. The lowest BCUT2D eigenvalue weighted by molar-refractivity contribution is -1.02. The van der Waals surface area contributed by atoms with Gasteiger partial charge < -0.3 is 19.9 Å². The Morgan fingerprint density at radius 2 is 1.87 bits per heavy atom. The van der Waals surface area contributed by atoms with Crippen molar-refractivity contribution in [2.24, 2.45) is 0 Å². The number of ether oxygens (including phenoxy) is 1. The van der Waals surface area contributed by atoms with E-state index in [2.05, 4.69) is 49.5 Å². The molecule has 2 aromatic rings. The molecular formula is C25H35N3O2+2. The molecule has 0 spiro atoms. The summed E-state index contributed by atoms with van der Waals surface area (Å²) >= 11 is 0. The average Bonchev–Trinajstić information content (AvgIpc) is 3.23. The molecule has 1 fully saturated rings. The molecule has 0 saturated carbocycles. The Morgan fingerprint density at radius 1 is 1.10 bits per heavy atom. The standard InChI is InChI=1S/C25H33N3O2/c1-3-19(2)22-6-4-5-7-23(22)26-25(29)18-28-13-11-27(12-14-28)17-20-8-9-24-21(16-20)10-15-30-24/h4-9,16,19H,3,10-15,17-18H2,1-2H3,(H,26,29)/p+2/t19-/m1/s1. The first-order chi connectivity index (χ1) is 14.6. The highest BCUT2D eigenvalue weighted by Crippen LogP contribution is 2.26. The van der Waals surface area contributed by atoms with Gasteiger partial charge in [0.2, 0.25) is 0 Å². The zero-order valence-corrected chi connectivity index (χ0v) is 18.3. The fraction of sp³-hybridized carbons (Fsp3) is 0.480.